The van der Waals surface area contributed by atoms with Gasteiger partial charge in [-0.2, -0.15) is 0 Å². The highest BCUT2D eigenvalue weighted by Crippen LogP contribution is 2.23. The first-order valence-electron chi connectivity index (χ1n) is 6.81. The molecule has 0 bridgehead atoms. The maximum Gasteiger partial charge on any atom is 0.162 e. The Kier molecular flexibility index (Phi) is 6.27. The van der Waals surface area contributed by atoms with Crippen LogP contribution in [0.3, 0.4) is 0 Å². The van der Waals surface area contributed by atoms with Crippen LogP contribution in [0, 0.1) is 0 Å². The predicted octanol–water partition coefficient (Wildman–Crippen LogP) is 5.83. The summed E-state index contributed by atoms with van der Waals surface area (Å²) in [5.41, 5.74) is 0.715. The summed E-state index contributed by atoms with van der Waals surface area (Å²) < 4.78 is 6.72. The molecule has 0 radical (unpaired) electrons. The van der Waals surface area contributed by atoms with Gasteiger partial charge in [-0.05, 0) is 61.4 Å². The van der Waals surface area contributed by atoms with Crippen molar-refractivity contribution in [3.63, 3.8) is 0 Å². The summed E-state index contributed by atoms with van der Waals surface area (Å²) in [6, 6.07) is 14.8. The monoisotopic (exact) mass is 366 g/mol. The van der Waals surface area contributed by atoms with Gasteiger partial charge in [0.2, 0.25) is 0 Å². The number of rotatable bonds is 7. The maximum absolute atomic E-state index is 11.9. The molecule has 0 aliphatic heterocycles. The van der Waals surface area contributed by atoms with Crippen LogP contribution in [0.4, 0.5) is 0 Å². The standard InChI is InChI=1S/C17H16BrClO2/c18-14-6-10-16(11-7-14)21-15-8-4-13(5-9-15)17(20)3-1-2-12-19/h4-11H,1-3,12H2. The third kappa shape index (κ3) is 5.18. The molecular weight excluding hydrogens is 352 g/mol. The molecule has 21 heavy (non-hydrogen) atoms. The Hall–Kier alpha value is -1.32. The Balaban J connectivity index is 1.95. The number of hydrogen-bond acceptors (Lipinski definition) is 2. The third-order valence-electron chi connectivity index (χ3n) is 3.01. The number of carbonyl (C=O) groups excluding carboxylic acids is 1. The fraction of sp³-hybridized carbons (Fsp3) is 0.235. The Morgan fingerprint density at radius 3 is 2.10 bits per heavy atom. The van der Waals surface area contributed by atoms with Gasteiger partial charge in [0.1, 0.15) is 11.5 Å². The van der Waals surface area contributed by atoms with Gasteiger partial charge in [-0.15, -0.1) is 11.6 Å². The summed E-state index contributed by atoms with van der Waals surface area (Å²) in [6.45, 7) is 0. The molecule has 0 aromatic heterocycles. The van der Waals surface area contributed by atoms with Crippen LogP contribution < -0.4 is 4.74 Å². The van der Waals surface area contributed by atoms with Gasteiger partial charge in [0.05, 0.1) is 0 Å². The molecule has 0 unspecified atom stereocenters. The van der Waals surface area contributed by atoms with Gasteiger partial charge >= 0.3 is 0 Å². The van der Waals surface area contributed by atoms with E-state index < -0.39 is 0 Å². The topological polar surface area (TPSA) is 26.3 Å². The number of Topliss-reactive ketones (excluding diaryl/α,β-unsaturated/α-hetero) is 1. The lowest BCUT2D eigenvalue weighted by Crippen LogP contribution is -1.99. The van der Waals surface area contributed by atoms with E-state index in [9.17, 15) is 4.79 Å². The first-order valence-corrected chi connectivity index (χ1v) is 8.14. The molecule has 0 aliphatic rings. The maximum atomic E-state index is 11.9. The summed E-state index contributed by atoms with van der Waals surface area (Å²) in [5, 5.41) is 0. The number of ether oxygens (including phenoxy) is 1. The molecule has 0 saturated heterocycles. The van der Waals surface area contributed by atoms with Gasteiger partial charge in [0.15, 0.2) is 5.78 Å². The van der Waals surface area contributed by atoms with Crippen LogP contribution in [-0.2, 0) is 0 Å². The Morgan fingerprint density at radius 2 is 1.52 bits per heavy atom. The second-order valence-electron chi connectivity index (χ2n) is 4.65. The van der Waals surface area contributed by atoms with E-state index in [-0.39, 0.29) is 5.78 Å². The smallest absolute Gasteiger partial charge is 0.162 e. The van der Waals surface area contributed by atoms with Crippen molar-refractivity contribution >= 4 is 33.3 Å². The third-order valence-corrected chi connectivity index (χ3v) is 3.81. The molecule has 0 fully saturated rings. The lowest BCUT2D eigenvalue weighted by atomic mass is 10.1. The molecule has 2 rings (SSSR count). The van der Waals surface area contributed by atoms with Crippen LogP contribution in [0.5, 0.6) is 11.5 Å². The van der Waals surface area contributed by atoms with Crippen molar-refractivity contribution in [1.29, 1.82) is 0 Å². The minimum Gasteiger partial charge on any atom is -0.457 e. The first-order chi connectivity index (χ1) is 10.2. The summed E-state index contributed by atoms with van der Waals surface area (Å²) in [4.78, 5) is 11.9. The summed E-state index contributed by atoms with van der Waals surface area (Å²) in [6.07, 6.45) is 2.25. The highest BCUT2D eigenvalue weighted by atomic mass is 79.9. The van der Waals surface area contributed by atoms with Gasteiger partial charge in [0.25, 0.3) is 0 Å². The van der Waals surface area contributed by atoms with Crippen molar-refractivity contribution in [3.8, 4) is 11.5 Å². The van der Waals surface area contributed by atoms with E-state index in [1.54, 1.807) is 12.1 Å². The predicted molar refractivity (Wildman–Crippen MR) is 89.6 cm³/mol. The molecule has 0 heterocycles. The Morgan fingerprint density at radius 1 is 0.952 bits per heavy atom. The molecule has 2 nitrogen and oxygen atoms in total. The molecule has 110 valence electrons. The zero-order chi connectivity index (χ0) is 15.1. The number of ketones is 1. The van der Waals surface area contributed by atoms with Crippen molar-refractivity contribution < 1.29 is 9.53 Å². The van der Waals surface area contributed by atoms with Gasteiger partial charge in [-0.1, -0.05) is 15.9 Å². The van der Waals surface area contributed by atoms with Crippen LogP contribution in [0.15, 0.2) is 53.0 Å². The molecule has 0 amide bonds. The second-order valence-corrected chi connectivity index (χ2v) is 5.94. The average molecular weight is 368 g/mol. The highest BCUT2D eigenvalue weighted by Gasteiger charge is 2.06. The fourth-order valence-electron chi connectivity index (χ4n) is 1.87. The van der Waals surface area contributed by atoms with Crippen LogP contribution >= 0.6 is 27.5 Å². The normalized spacial score (nSPS) is 10.4. The summed E-state index contributed by atoms with van der Waals surface area (Å²) in [5.74, 6) is 2.23. The fourth-order valence-corrected chi connectivity index (χ4v) is 2.33. The minimum absolute atomic E-state index is 0.148. The van der Waals surface area contributed by atoms with Gasteiger partial charge in [-0.3, -0.25) is 4.79 Å². The van der Waals surface area contributed by atoms with Crippen LogP contribution in [-0.4, -0.2) is 11.7 Å². The van der Waals surface area contributed by atoms with Crippen molar-refractivity contribution in [2.24, 2.45) is 0 Å². The second kappa shape index (κ2) is 8.20. The van der Waals surface area contributed by atoms with E-state index in [0.29, 0.717) is 17.9 Å². The number of halogens is 2. The molecule has 2 aromatic rings. The molecule has 0 saturated carbocycles. The largest absolute Gasteiger partial charge is 0.457 e. The van der Waals surface area contributed by atoms with E-state index in [4.69, 9.17) is 16.3 Å². The quantitative estimate of drug-likeness (QED) is 0.349. The van der Waals surface area contributed by atoms with Crippen molar-refractivity contribution in [2.75, 3.05) is 5.88 Å². The van der Waals surface area contributed by atoms with Crippen LogP contribution in [0.2, 0.25) is 0 Å². The van der Waals surface area contributed by atoms with Crippen LogP contribution in [0.25, 0.3) is 0 Å². The molecule has 0 atom stereocenters. The van der Waals surface area contributed by atoms with Gasteiger partial charge < -0.3 is 4.74 Å². The molecule has 0 N–H and O–H groups in total. The highest BCUT2D eigenvalue weighted by molar-refractivity contribution is 9.10. The summed E-state index contributed by atoms with van der Waals surface area (Å²) >= 11 is 8.99. The van der Waals surface area contributed by atoms with E-state index in [2.05, 4.69) is 15.9 Å². The number of unbranched alkanes of at least 4 members (excludes halogenated alkanes) is 1. The van der Waals surface area contributed by atoms with E-state index >= 15 is 0 Å². The number of benzene rings is 2. The number of alkyl halides is 1. The summed E-state index contributed by atoms with van der Waals surface area (Å²) in [7, 11) is 0. The van der Waals surface area contributed by atoms with Crippen molar-refractivity contribution in [3.05, 3.63) is 58.6 Å². The van der Waals surface area contributed by atoms with Gasteiger partial charge in [0, 0.05) is 22.3 Å². The van der Waals surface area contributed by atoms with Crippen molar-refractivity contribution in [1.82, 2.24) is 0 Å². The first kappa shape index (κ1) is 16.1. The number of hydrogen-bond donors (Lipinski definition) is 0. The molecule has 4 heteroatoms. The lowest BCUT2D eigenvalue weighted by molar-refractivity contribution is 0.0980. The van der Waals surface area contributed by atoms with E-state index in [0.717, 1.165) is 28.8 Å². The number of carbonyl (C=O) groups is 1. The van der Waals surface area contributed by atoms with E-state index in [1.807, 2.05) is 36.4 Å². The van der Waals surface area contributed by atoms with Crippen LogP contribution in [0.1, 0.15) is 29.6 Å². The average Bonchev–Trinajstić information content (AvgIpc) is 2.50. The van der Waals surface area contributed by atoms with Crippen molar-refractivity contribution in [2.45, 2.75) is 19.3 Å². The zero-order valence-corrected chi connectivity index (χ0v) is 13.9. The zero-order valence-electron chi connectivity index (χ0n) is 11.5. The Labute approximate surface area is 138 Å². The SMILES string of the molecule is O=C(CCCCCl)c1ccc(Oc2ccc(Br)cc2)cc1. The van der Waals surface area contributed by atoms with E-state index in [1.165, 1.54) is 0 Å². The molecular formula is C17H16BrClO2. The lowest BCUT2D eigenvalue weighted by Gasteiger charge is -2.06. The molecule has 2 aromatic carbocycles. The molecule has 0 spiro atoms. The Bertz CT molecular complexity index is 579. The van der Waals surface area contributed by atoms with Gasteiger partial charge in [-0.25, -0.2) is 0 Å². The molecule has 0 aliphatic carbocycles. The minimum atomic E-state index is 0.148.